The molecule has 0 saturated heterocycles. The van der Waals surface area contributed by atoms with E-state index < -0.39 is 6.17 Å². The molecule has 0 heterocycles. The van der Waals surface area contributed by atoms with Gasteiger partial charge in [-0.05, 0) is 37.2 Å². The first-order chi connectivity index (χ1) is 6.36. The standard InChI is InChI=1S/C12H15F/c13-12-8-4-7-11(9-12)10-5-2-1-3-6-10/h1-3,5-6,11-12H,4,7-9H2/t11-,12-/m0/s1. The molecule has 0 radical (unpaired) electrons. The van der Waals surface area contributed by atoms with Crippen LogP contribution in [0.2, 0.25) is 0 Å². The molecule has 1 aliphatic carbocycles. The summed E-state index contributed by atoms with van der Waals surface area (Å²) in [6.45, 7) is 0. The minimum atomic E-state index is -0.570. The molecule has 0 N–H and O–H groups in total. The van der Waals surface area contributed by atoms with Crippen LogP contribution in [0, 0.1) is 0 Å². The molecule has 2 rings (SSSR count). The van der Waals surface area contributed by atoms with E-state index in [2.05, 4.69) is 12.1 Å². The molecule has 0 aliphatic heterocycles. The van der Waals surface area contributed by atoms with Crippen LogP contribution in [0.5, 0.6) is 0 Å². The zero-order valence-corrected chi connectivity index (χ0v) is 7.75. The second kappa shape index (κ2) is 3.91. The molecule has 0 aromatic heterocycles. The monoisotopic (exact) mass is 178 g/mol. The van der Waals surface area contributed by atoms with E-state index in [0.29, 0.717) is 5.92 Å². The van der Waals surface area contributed by atoms with Gasteiger partial charge in [-0.15, -0.1) is 0 Å². The number of hydrogen-bond donors (Lipinski definition) is 0. The Bertz CT molecular complexity index is 255. The van der Waals surface area contributed by atoms with Gasteiger partial charge < -0.3 is 0 Å². The summed E-state index contributed by atoms with van der Waals surface area (Å²) in [5, 5.41) is 0. The maximum atomic E-state index is 13.1. The Morgan fingerprint density at radius 3 is 2.54 bits per heavy atom. The van der Waals surface area contributed by atoms with Crippen molar-refractivity contribution in [1.29, 1.82) is 0 Å². The predicted octanol–water partition coefficient (Wildman–Crippen LogP) is 3.68. The molecule has 1 aliphatic rings. The van der Waals surface area contributed by atoms with Crippen molar-refractivity contribution in [2.24, 2.45) is 0 Å². The second-order valence-electron chi connectivity index (χ2n) is 3.87. The van der Waals surface area contributed by atoms with Gasteiger partial charge in [0, 0.05) is 0 Å². The third-order valence-electron chi connectivity index (χ3n) is 2.88. The second-order valence-corrected chi connectivity index (χ2v) is 3.87. The van der Waals surface area contributed by atoms with Crippen LogP contribution >= 0.6 is 0 Å². The van der Waals surface area contributed by atoms with E-state index in [-0.39, 0.29) is 0 Å². The molecular formula is C12H15F. The summed E-state index contributed by atoms with van der Waals surface area (Å²) in [6.07, 6.45) is 3.12. The molecule has 0 spiro atoms. The van der Waals surface area contributed by atoms with Crippen LogP contribution < -0.4 is 0 Å². The van der Waals surface area contributed by atoms with E-state index in [0.717, 1.165) is 25.7 Å². The van der Waals surface area contributed by atoms with Gasteiger partial charge in [-0.25, -0.2) is 4.39 Å². The quantitative estimate of drug-likeness (QED) is 0.615. The number of rotatable bonds is 1. The molecular weight excluding hydrogens is 163 g/mol. The summed E-state index contributed by atoms with van der Waals surface area (Å²) >= 11 is 0. The Hall–Kier alpha value is -0.850. The summed E-state index contributed by atoms with van der Waals surface area (Å²) in [7, 11) is 0. The van der Waals surface area contributed by atoms with E-state index in [4.69, 9.17) is 0 Å². The third kappa shape index (κ3) is 2.09. The first kappa shape index (κ1) is 8.74. The van der Waals surface area contributed by atoms with Gasteiger partial charge in [-0.3, -0.25) is 0 Å². The Labute approximate surface area is 78.8 Å². The maximum absolute atomic E-state index is 13.1. The van der Waals surface area contributed by atoms with Gasteiger partial charge in [0.2, 0.25) is 0 Å². The lowest BCUT2D eigenvalue weighted by molar-refractivity contribution is 0.231. The molecule has 0 unspecified atom stereocenters. The van der Waals surface area contributed by atoms with Gasteiger partial charge in [-0.1, -0.05) is 30.3 Å². The zero-order valence-electron chi connectivity index (χ0n) is 7.75. The highest BCUT2D eigenvalue weighted by Crippen LogP contribution is 2.33. The SMILES string of the molecule is F[C@H]1CCC[C@H](c2ccccc2)C1. The molecule has 1 aromatic carbocycles. The lowest BCUT2D eigenvalue weighted by Crippen LogP contribution is -2.14. The van der Waals surface area contributed by atoms with Crippen LogP contribution in [0.1, 0.15) is 37.2 Å². The Morgan fingerprint density at radius 1 is 1.08 bits per heavy atom. The predicted molar refractivity (Wildman–Crippen MR) is 52.5 cm³/mol. The van der Waals surface area contributed by atoms with Crippen LogP contribution in [0.4, 0.5) is 4.39 Å². The van der Waals surface area contributed by atoms with Crippen molar-refractivity contribution in [2.75, 3.05) is 0 Å². The fourth-order valence-corrected chi connectivity index (χ4v) is 2.16. The van der Waals surface area contributed by atoms with Crippen molar-refractivity contribution in [3.63, 3.8) is 0 Å². The number of benzene rings is 1. The van der Waals surface area contributed by atoms with Crippen molar-refractivity contribution >= 4 is 0 Å². The van der Waals surface area contributed by atoms with Gasteiger partial charge in [0.1, 0.15) is 6.17 Å². The summed E-state index contributed by atoms with van der Waals surface area (Å²) in [4.78, 5) is 0. The fourth-order valence-electron chi connectivity index (χ4n) is 2.16. The van der Waals surface area contributed by atoms with E-state index >= 15 is 0 Å². The molecule has 0 amide bonds. The molecule has 0 nitrogen and oxygen atoms in total. The molecule has 0 bridgehead atoms. The fraction of sp³-hybridized carbons (Fsp3) is 0.500. The average Bonchev–Trinajstić information content (AvgIpc) is 2.19. The molecule has 70 valence electrons. The average molecular weight is 178 g/mol. The summed E-state index contributed by atoms with van der Waals surface area (Å²) in [6, 6.07) is 10.3. The van der Waals surface area contributed by atoms with Crippen molar-refractivity contribution in [2.45, 2.75) is 37.8 Å². The van der Waals surface area contributed by atoms with Crippen molar-refractivity contribution in [1.82, 2.24) is 0 Å². The summed E-state index contributed by atoms with van der Waals surface area (Å²) < 4.78 is 13.1. The van der Waals surface area contributed by atoms with Gasteiger partial charge in [-0.2, -0.15) is 0 Å². The van der Waals surface area contributed by atoms with Crippen LogP contribution in [-0.4, -0.2) is 6.17 Å². The smallest absolute Gasteiger partial charge is 0.101 e. The zero-order chi connectivity index (χ0) is 9.10. The largest absolute Gasteiger partial charge is 0.247 e. The van der Waals surface area contributed by atoms with Crippen molar-refractivity contribution in [3.8, 4) is 0 Å². The maximum Gasteiger partial charge on any atom is 0.101 e. The first-order valence-electron chi connectivity index (χ1n) is 5.05. The number of halogens is 1. The molecule has 13 heavy (non-hydrogen) atoms. The molecule has 2 atom stereocenters. The highest BCUT2D eigenvalue weighted by atomic mass is 19.1. The van der Waals surface area contributed by atoms with Crippen LogP contribution in [0.15, 0.2) is 30.3 Å². The van der Waals surface area contributed by atoms with E-state index in [1.54, 1.807) is 0 Å². The minimum Gasteiger partial charge on any atom is -0.247 e. The van der Waals surface area contributed by atoms with Crippen LogP contribution in [0.25, 0.3) is 0 Å². The van der Waals surface area contributed by atoms with Crippen LogP contribution in [0.3, 0.4) is 0 Å². The van der Waals surface area contributed by atoms with Crippen molar-refractivity contribution in [3.05, 3.63) is 35.9 Å². The molecule has 1 heteroatoms. The highest BCUT2D eigenvalue weighted by Gasteiger charge is 2.22. The van der Waals surface area contributed by atoms with Crippen LogP contribution in [-0.2, 0) is 0 Å². The normalized spacial score (nSPS) is 28.7. The van der Waals surface area contributed by atoms with Gasteiger partial charge in [0.25, 0.3) is 0 Å². The third-order valence-corrected chi connectivity index (χ3v) is 2.88. The summed E-state index contributed by atoms with van der Waals surface area (Å²) in [5.41, 5.74) is 1.31. The minimum absolute atomic E-state index is 0.463. The van der Waals surface area contributed by atoms with Gasteiger partial charge in [0.05, 0.1) is 0 Å². The summed E-state index contributed by atoms with van der Waals surface area (Å²) in [5.74, 6) is 0.463. The Kier molecular flexibility index (Phi) is 2.62. The van der Waals surface area contributed by atoms with E-state index in [1.165, 1.54) is 5.56 Å². The first-order valence-corrected chi connectivity index (χ1v) is 5.05. The Balaban J connectivity index is 2.08. The van der Waals surface area contributed by atoms with Crippen molar-refractivity contribution < 1.29 is 4.39 Å². The molecule has 1 aromatic rings. The number of alkyl halides is 1. The molecule has 1 saturated carbocycles. The lowest BCUT2D eigenvalue weighted by Gasteiger charge is -2.24. The van der Waals surface area contributed by atoms with Gasteiger partial charge in [0.15, 0.2) is 0 Å². The number of hydrogen-bond acceptors (Lipinski definition) is 0. The van der Waals surface area contributed by atoms with E-state index in [1.807, 2.05) is 18.2 Å². The van der Waals surface area contributed by atoms with E-state index in [9.17, 15) is 4.39 Å². The lowest BCUT2D eigenvalue weighted by atomic mass is 9.83. The Morgan fingerprint density at radius 2 is 1.85 bits per heavy atom. The topological polar surface area (TPSA) is 0 Å². The van der Waals surface area contributed by atoms with Gasteiger partial charge >= 0.3 is 0 Å². The molecule has 1 fully saturated rings. The highest BCUT2D eigenvalue weighted by molar-refractivity contribution is 5.20.